The molecule has 31 heavy (non-hydrogen) atoms. The molecule has 7 nitrogen and oxygen atoms in total. The number of carbonyl (C=O) groups is 3. The fourth-order valence-corrected chi connectivity index (χ4v) is 3.45. The lowest BCUT2D eigenvalue weighted by molar-refractivity contribution is 0.0650. The maximum absolute atomic E-state index is 13.4. The highest BCUT2D eigenvalue weighted by Crippen LogP contribution is 2.27. The molecule has 1 heterocycles. The van der Waals surface area contributed by atoms with Crippen molar-refractivity contribution in [1.29, 1.82) is 0 Å². The fourth-order valence-electron chi connectivity index (χ4n) is 3.45. The Morgan fingerprint density at radius 3 is 2.00 bits per heavy atom. The van der Waals surface area contributed by atoms with Crippen LogP contribution < -0.4 is 14.4 Å². The average Bonchev–Trinajstić information content (AvgIpc) is 3.07. The summed E-state index contributed by atoms with van der Waals surface area (Å²) in [4.78, 5) is 41.6. The fraction of sp³-hybridized carbons (Fsp3) is 0.125. The minimum Gasteiger partial charge on any atom is -0.497 e. The summed E-state index contributed by atoms with van der Waals surface area (Å²) >= 11 is 0. The van der Waals surface area contributed by atoms with Gasteiger partial charge in [-0.1, -0.05) is 18.2 Å². The van der Waals surface area contributed by atoms with E-state index < -0.39 is 11.8 Å². The van der Waals surface area contributed by atoms with Crippen LogP contribution in [0.15, 0.2) is 72.8 Å². The summed E-state index contributed by atoms with van der Waals surface area (Å²) in [5, 5.41) is 0. The number of hydrogen-bond donors (Lipinski definition) is 0. The van der Waals surface area contributed by atoms with Gasteiger partial charge in [0.25, 0.3) is 17.7 Å². The van der Waals surface area contributed by atoms with Crippen molar-refractivity contribution >= 4 is 23.4 Å². The van der Waals surface area contributed by atoms with Gasteiger partial charge in [0.1, 0.15) is 18.2 Å². The third-order valence-corrected chi connectivity index (χ3v) is 5.11. The molecular weight excluding hydrogens is 396 g/mol. The minimum absolute atomic E-state index is 0.227. The first-order valence-electron chi connectivity index (χ1n) is 9.58. The van der Waals surface area contributed by atoms with E-state index >= 15 is 0 Å². The van der Waals surface area contributed by atoms with Crippen LogP contribution in [0.25, 0.3) is 0 Å². The van der Waals surface area contributed by atoms with Gasteiger partial charge in [-0.25, -0.2) is 0 Å². The molecule has 0 aliphatic carbocycles. The van der Waals surface area contributed by atoms with Gasteiger partial charge in [0, 0.05) is 11.3 Å². The molecule has 3 aromatic carbocycles. The van der Waals surface area contributed by atoms with Crippen molar-refractivity contribution in [2.75, 3.05) is 25.8 Å². The third kappa shape index (κ3) is 3.73. The number of fused-ring (bicyclic) bond motifs is 1. The molecule has 1 aliphatic heterocycles. The number of benzene rings is 3. The van der Waals surface area contributed by atoms with E-state index in [0.29, 0.717) is 33.9 Å². The minimum atomic E-state index is -0.433. The molecular formula is C24H20N2O5. The third-order valence-electron chi connectivity index (χ3n) is 5.11. The van der Waals surface area contributed by atoms with Crippen LogP contribution in [0.4, 0.5) is 5.69 Å². The molecule has 4 rings (SSSR count). The highest BCUT2D eigenvalue weighted by molar-refractivity contribution is 6.22. The highest BCUT2D eigenvalue weighted by atomic mass is 16.5. The molecule has 156 valence electrons. The molecule has 0 atom stereocenters. The normalized spacial score (nSPS) is 12.5. The quantitative estimate of drug-likeness (QED) is 0.574. The van der Waals surface area contributed by atoms with Crippen LogP contribution in [0, 0.1) is 0 Å². The molecule has 0 saturated carbocycles. The van der Waals surface area contributed by atoms with Crippen molar-refractivity contribution in [2.45, 2.75) is 0 Å². The second kappa shape index (κ2) is 8.31. The summed E-state index contributed by atoms with van der Waals surface area (Å²) in [7, 11) is 3.07. The van der Waals surface area contributed by atoms with Crippen molar-refractivity contribution in [1.82, 2.24) is 4.90 Å². The van der Waals surface area contributed by atoms with E-state index in [9.17, 15) is 14.4 Å². The Balaban J connectivity index is 1.71. The van der Waals surface area contributed by atoms with Gasteiger partial charge < -0.3 is 9.47 Å². The lowest BCUT2D eigenvalue weighted by Gasteiger charge is -2.27. The molecule has 1 aliphatic rings. The van der Waals surface area contributed by atoms with Crippen LogP contribution in [0.5, 0.6) is 11.5 Å². The molecule has 0 unspecified atom stereocenters. The van der Waals surface area contributed by atoms with E-state index in [1.54, 1.807) is 79.9 Å². The highest BCUT2D eigenvalue weighted by Gasteiger charge is 2.37. The molecule has 0 saturated heterocycles. The Labute approximate surface area is 179 Å². The summed E-state index contributed by atoms with van der Waals surface area (Å²) in [6, 6.07) is 20.2. The van der Waals surface area contributed by atoms with E-state index in [4.69, 9.17) is 9.47 Å². The van der Waals surface area contributed by atoms with Crippen molar-refractivity contribution in [3.63, 3.8) is 0 Å². The second-order valence-electron chi connectivity index (χ2n) is 6.89. The number of hydrogen-bond acceptors (Lipinski definition) is 5. The molecule has 0 N–H and O–H groups in total. The topological polar surface area (TPSA) is 76.2 Å². The van der Waals surface area contributed by atoms with Gasteiger partial charge in [0.15, 0.2) is 0 Å². The Kier molecular flexibility index (Phi) is 5.41. The van der Waals surface area contributed by atoms with Crippen LogP contribution in [0.1, 0.15) is 31.1 Å². The predicted molar refractivity (Wildman–Crippen MR) is 115 cm³/mol. The van der Waals surface area contributed by atoms with Crippen LogP contribution in [-0.4, -0.2) is 43.5 Å². The number of imide groups is 1. The van der Waals surface area contributed by atoms with E-state index in [1.165, 1.54) is 12.0 Å². The number of nitrogens with zero attached hydrogens (tertiary/aromatic N) is 2. The molecule has 0 radical (unpaired) electrons. The SMILES string of the molecule is COc1ccc(N(CN2C(=O)c3ccccc3C2=O)C(=O)c2cccc(OC)c2)cc1. The Morgan fingerprint density at radius 2 is 1.42 bits per heavy atom. The first kappa shape index (κ1) is 20.2. The van der Waals surface area contributed by atoms with Crippen LogP contribution in [0.2, 0.25) is 0 Å². The van der Waals surface area contributed by atoms with Crippen LogP contribution >= 0.6 is 0 Å². The van der Waals surface area contributed by atoms with Gasteiger partial charge in [-0.2, -0.15) is 0 Å². The van der Waals surface area contributed by atoms with E-state index in [1.807, 2.05) is 0 Å². The predicted octanol–water partition coefficient (Wildman–Crippen LogP) is 3.60. The number of carbonyl (C=O) groups excluding carboxylic acids is 3. The molecule has 0 fully saturated rings. The number of rotatable bonds is 6. The van der Waals surface area contributed by atoms with Gasteiger partial charge in [-0.3, -0.25) is 24.2 Å². The van der Waals surface area contributed by atoms with E-state index in [-0.39, 0.29) is 12.6 Å². The second-order valence-corrected chi connectivity index (χ2v) is 6.89. The lowest BCUT2D eigenvalue weighted by atomic mass is 10.1. The summed E-state index contributed by atoms with van der Waals surface area (Å²) in [6.07, 6.45) is 0. The van der Waals surface area contributed by atoms with E-state index in [2.05, 4.69) is 0 Å². The molecule has 3 amide bonds. The van der Waals surface area contributed by atoms with Gasteiger partial charge in [-0.15, -0.1) is 0 Å². The molecule has 0 bridgehead atoms. The van der Waals surface area contributed by atoms with Gasteiger partial charge in [0.2, 0.25) is 0 Å². The monoisotopic (exact) mass is 416 g/mol. The number of ether oxygens (including phenoxy) is 2. The summed E-state index contributed by atoms with van der Waals surface area (Å²) < 4.78 is 10.4. The van der Waals surface area contributed by atoms with Gasteiger partial charge in [0.05, 0.1) is 25.3 Å². The zero-order valence-electron chi connectivity index (χ0n) is 17.1. The van der Waals surface area contributed by atoms with Gasteiger partial charge >= 0.3 is 0 Å². The number of amides is 3. The van der Waals surface area contributed by atoms with Crippen LogP contribution in [0.3, 0.4) is 0 Å². The number of anilines is 1. The Morgan fingerprint density at radius 1 is 0.806 bits per heavy atom. The molecule has 0 aromatic heterocycles. The molecule has 0 spiro atoms. The van der Waals surface area contributed by atoms with E-state index in [0.717, 1.165) is 4.90 Å². The largest absolute Gasteiger partial charge is 0.497 e. The summed E-state index contributed by atoms with van der Waals surface area (Å²) in [5.41, 5.74) is 1.55. The van der Waals surface area contributed by atoms with Crippen molar-refractivity contribution in [3.8, 4) is 11.5 Å². The zero-order chi connectivity index (χ0) is 22.0. The zero-order valence-corrected chi connectivity index (χ0v) is 17.1. The molecule has 3 aromatic rings. The lowest BCUT2D eigenvalue weighted by Crippen LogP contribution is -2.44. The first-order valence-corrected chi connectivity index (χ1v) is 9.58. The van der Waals surface area contributed by atoms with Crippen molar-refractivity contribution < 1.29 is 23.9 Å². The maximum Gasteiger partial charge on any atom is 0.263 e. The van der Waals surface area contributed by atoms with Crippen LogP contribution in [-0.2, 0) is 0 Å². The number of methoxy groups -OCH3 is 2. The Bertz CT molecular complexity index is 1120. The standard InChI is InChI=1S/C24H20N2O5/c1-30-18-12-10-17(11-13-18)25(22(27)16-6-5-7-19(14-16)31-2)15-26-23(28)20-8-3-4-9-21(20)24(26)29/h3-14H,15H2,1-2H3. The molecule has 7 heteroatoms. The smallest absolute Gasteiger partial charge is 0.263 e. The average molecular weight is 416 g/mol. The van der Waals surface area contributed by atoms with Crippen molar-refractivity contribution in [2.24, 2.45) is 0 Å². The first-order chi connectivity index (χ1) is 15.0. The summed E-state index contributed by atoms with van der Waals surface area (Å²) in [5.74, 6) is -0.0877. The maximum atomic E-state index is 13.4. The van der Waals surface area contributed by atoms with Crippen molar-refractivity contribution in [3.05, 3.63) is 89.5 Å². The summed E-state index contributed by atoms with van der Waals surface area (Å²) in [6.45, 7) is -0.227. The van der Waals surface area contributed by atoms with Gasteiger partial charge in [-0.05, 0) is 54.6 Å². The Hall–Kier alpha value is -4.13.